The van der Waals surface area contributed by atoms with Crippen molar-refractivity contribution in [3.05, 3.63) is 17.3 Å². The van der Waals surface area contributed by atoms with Crippen LogP contribution in [0.3, 0.4) is 0 Å². The summed E-state index contributed by atoms with van der Waals surface area (Å²) in [5.41, 5.74) is 2.65. The first kappa shape index (κ1) is 11.8. The maximum Gasteiger partial charge on any atom is 0.152 e. The van der Waals surface area contributed by atoms with Gasteiger partial charge < -0.3 is 10.2 Å². The van der Waals surface area contributed by atoms with Crippen molar-refractivity contribution in [1.29, 1.82) is 0 Å². The summed E-state index contributed by atoms with van der Waals surface area (Å²) < 4.78 is 5.72. The number of nitrogens with zero attached hydrogens (tertiary/aromatic N) is 2. The number of rotatable bonds is 3. The first-order chi connectivity index (χ1) is 8.86. The molecular weight excluding hydrogens is 248 g/mol. The Hall–Kier alpha value is -1.24. The Morgan fingerprint density at radius 3 is 3.17 bits per heavy atom. The van der Waals surface area contributed by atoms with Crippen LogP contribution < -0.4 is 11.3 Å². The summed E-state index contributed by atoms with van der Waals surface area (Å²) in [5, 5.41) is 2.98. The molecule has 2 aromatic rings. The second-order valence-corrected chi connectivity index (χ2v) is 5.36. The zero-order valence-electron chi connectivity index (χ0n) is 10.1. The van der Waals surface area contributed by atoms with Crippen LogP contribution in [0.4, 0.5) is 5.82 Å². The lowest BCUT2D eigenvalue weighted by Crippen LogP contribution is -2.22. The summed E-state index contributed by atoms with van der Waals surface area (Å²) in [6.45, 7) is 0.855. The van der Waals surface area contributed by atoms with Crippen LogP contribution in [0.1, 0.15) is 25.1 Å². The van der Waals surface area contributed by atoms with Gasteiger partial charge in [-0.05, 0) is 30.7 Å². The monoisotopic (exact) mass is 264 g/mol. The minimum atomic E-state index is 0.252. The zero-order chi connectivity index (χ0) is 12.4. The number of nitrogens with one attached hydrogen (secondary N) is 1. The molecule has 1 fully saturated rings. The van der Waals surface area contributed by atoms with Crippen LogP contribution >= 0.6 is 11.3 Å². The standard InChI is InChI=1S/C12H16N4OS/c13-16-11-9-4-6-18-12(9)15-10(14-11)7-8-3-1-2-5-17-8/h4,6,8H,1-3,5,7,13H2,(H,14,15,16). The predicted octanol–water partition coefficient (Wildman–Crippen LogP) is 2.09. The Labute approximate surface area is 109 Å². The van der Waals surface area contributed by atoms with E-state index in [0.29, 0.717) is 5.82 Å². The smallest absolute Gasteiger partial charge is 0.152 e. The van der Waals surface area contributed by atoms with E-state index in [9.17, 15) is 0 Å². The Balaban J connectivity index is 1.86. The van der Waals surface area contributed by atoms with Gasteiger partial charge in [-0.2, -0.15) is 0 Å². The predicted molar refractivity (Wildman–Crippen MR) is 72.5 cm³/mol. The van der Waals surface area contributed by atoms with Crippen molar-refractivity contribution in [1.82, 2.24) is 9.97 Å². The molecule has 1 atom stereocenters. The average molecular weight is 264 g/mol. The molecule has 0 spiro atoms. The maximum absolute atomic E-state index is 5.72. The van der Waals surface area contributed by atoms with Gasteiger partial charge in [-0.15, -0.1) is 11.3 Å². The molecule has 6 heteroatoms. The molecule has 1 unspecified atom stereocenters. The van der Waals surface area contributed by atoms with Gasteiger partial charge in [0, 0.05) is 13.0 Å². The van der Waals surface area contributed by atoms with E-state index >= 15 is 0 Å². The minimum absolute atomic E-state index is 0.252. The van der Waals surface area contributed by atoms with Gasteiger partial charge in [-0.3, -0.25) is 0 Å². The van der Waals surface area contributed by atoms with E-state index in [2.05, 4.69) is 15.4 Å². The van der Waals surface area contributed by atoms with E-state index in [0.717, 1.165) is 41.9 Å². The number of fused-ring (bicyclic) bond motifs is 1. The van der Waals surface area contributed by atoms with Gasteiger partial charge in [-0.25, -0.2) is 15.8 Å². The number of hydrazine groups is 1. The second-order valence-electron chi connectivity index (χ2n) is 4.46. The topological polar surface area (TPSA) is 73.1 Å². The number of nitrogens with two attached hydrogens (primary N) is 1. The number of anilines is 1. The Morgan fingerprint density at radius 1 is 1.44 bits per heavy atom. The first-order valence-electron chi connectivity index (χ1n) is 6.19. The number of thiophene rings is 1. The maximum atomic E-state index is 5.72. The number of aromatic nitrogens is 2. The summed E-state index contributed by atoms with van der Waals surface area (Å²) in [7, 11) is 0. The number of ether oxygens (including phenoxy) is 1. The van der Waals surface area contributed by atoms with Gasteiger partial charge in [-0.1, -0.05) is 0 Å². The number of hydrogen-bond acceptors (Lipinski definition) is 6. The van der Waals surface area contributed by atoms with Crippen molar-refractivity contribution in [3.63, 3.8) is 0 Å². The highest BCUT2D eigenvalue weighted by Gasteiger charge is 2.17. The van der Waals surface area contributed by atoms with Gasteiger partial charge in [0.2, 0.25) is 0 Å². The van der Waals surface area contributed by atoms with Gasteiger partial charge in [0.1, 0.15) is 10.7 Å². The van der Waals surface area contributed by atoms with E-state index in [1.54, 1.807) is 11.3 Å². The van der Waals surface area contributed by atoms with Gasteiger partial charge >= 0.3 is 0 Å². The summed E-state index contributed by atoms with van der Waals surface area (Å²) in [6, 6.07) is 1.98. The summed E-state index contributed by atoms with van der Waals surface area (Å²) in [6.07, 6.45) is 4.51. The fourth-order valence-electron chi connectivity index (χ4n) is 2.27. The van der Waals surface area contributed by atoms with Crippen LogP contribution in [0.5, 0.6) is 0 Å². The van der Waals surface area contributed by atoms with Crippen LogP contribution in [-0.2, 0) is 11.2 Å². The van der Waals surface area contributed by atoms with Crippen LogP contribution in [0.2, 0.25) is 0 Å². The molecule has 96 valence electrons. The molecule has 0 saturated carbocycles. The quantitative estimate of drug-likeness (QED) is 0.656. The van der Waals surface area contributed by atoms with Crippen molar-refractivity contribution in [2.24, 2.45) is 5.84 Å². The van der Waals surface area contributed by atoms with Crippen molar-refractivity contribution < 1.29 is 4.74 Å². The van der Waals surface area contributed by atoms with Crippen LogP contribution in [-0.4, -0.2) is 22.7 Å². The molecule has 3 rings (SSSR count). The van der Waals surface area contributed by atoms with Crippen molar-refractivity contribution in [3.8, 4) is 0 Å². The minimum Gasteiger partial charge on any atom is -0.378 e. The Morgan fingerprint density at radius 2 is 2.39 bits per heavy atom. The molecule has 0 radical (unpaired) electrons. The van der Waals surface area contributed by atoms with E-state index < -0.39 is 0 Å². The van der Waals surface area contributed by atoms with Gasteiger partial charge in [0.15, 0.2) is 5.82 Å². The van der Waals surface area contributed by atoms with Gasteiger partial charge in [0.05, 0.1) is 11.5 Å². The SMILES string of the molecule is NNc1nc(CC2CCCCO2)nc2sccc12. The lowest BCUT2D eigenvalue weighted by atomic mass is 10.1. The number of nitrogen functional groups attached to an aromatic ring is 1. The van der Waals surface area contributed by atoms with E-state index in [-0.39, 0.29) is 6.10 Å². The molecule has 18 heavy (non-hydrogen) atoms. The molecule has 0 aromatic carbocycles. The lowest BCUT2D eigenvalue weighted by Gasteiger charge is -2.21. The molecule has 1 aliphatic heterocycles. The average Bonchev–Trinajstić information content (AvgIpc) is 2.87. The third-order valence-corrected chi connectivity index (χ3v) is 4.00. The third kappa shape index (κ3) is 2.31. The van der Waals surface area contributed by atoms with Crippen LogP contribution in [0, 0.1) is 0 Å². The van der Waals surface area contributed by atoms with Gasteiger partial charge in [0.25, 0.3) is 0 Å². The molecule has 3 N–H and O–H groups in total. The molecule has 5 nitrogen and oxygen atoms in total. The highest BCUT2D eigenvalue weighted by molar-refractivity contribution is 7.16. The van der Waals surface area contributed by atoms with Crippen LogP contribution in [0.25, 0.3) is 10.2 Å². The second kappa shape index (κ2) is 5.17. The molecular formula is C12H16N4OS. The highest BCUT2D eigenvalue weighted by atomic mass is 32.1. The number of hydrogen-bond donors (Lipinski definition) is 2. The van der Waals surface area contributed by atoms with Crippen LogP contribution in [0.15, 0.2) is 11.4 Å². The Kier molecular flexibility index (Phi) is 3.40. The highest BCUT2D eigenvalue weighted by Crippen LogP contribution is 2.25. The van der Waals surface area contributed by atoms with E-state index in [1.807, 2.05) is 11.4 Å². The van der Waals surface area contributed by atoms with Crippen molar-refractivity contribution in [2.45, 2.75) is 31.8 Å². The zero-order valence-corrected chi connectivity index (χ0v) is 10.9. The largest absolute Gasteiger partial charge is 0.378 e. The van der Waals surface area contributed by atoms with E-state index in [4.69, 9.17) is 10.6 Å². The van der Waals surface area contributed by atoms with Crippen molar-refractivity contribution in [2.75, 3.05) is 12.0 Å². The Bertz CT molecular complexity index is 536. The fourth-order valence-corrected chi connectivity index (χ4v) is 3.06. The summed E-state index contributed by atoms with van der Waals surface area (Å²) in [5.74, 6) is 7.02. The molecule has 3 heterocycles. The lowest BCUT2D eigenvalue weighted by molar-refractivity contribution is 0.0157. The fraction of sp³-hybridized carbons (Fsp3) is 0.500. The van der Waals surface area contributed by atoms with E-state index in [1.165, 1.54) is 6.42 Å². The molecule has 0 amide bonds. The molecule has 0 aliphatic carbocycles. The molecule has 1 saturated heterocycles. The molecule has 0 bridgehead atoms. The van der Waals surface area contributed by atoms with Crippen molar-refractivity contribution >= 4 is 27.4 Å². The summed E-state index contributed by atoms with van der Waals surface area (Å²) in [4.78, 5) is 10.0. The first-order valence-corrected chi connectivity index (χ1v) is 7.07. The summed E-state index contributed by atoms with van der Waals surface area (Å²) >= 11 is 1.61. The molecule has 1 aliphatic rings. The molecule has 2 aromatic heterocycles. The third-order valence-electron chi connectivity index (χ3n) is 3.19. The normalized spacial score (nSPS) is 20.2.